The molecular formula is C17H20N6O3. The molecule has 0 spiro atoms. The molecule has 3 heterocycles. The summed E-state index contributed by atoms with van der Waals surface area (Å²) < 4.78 is 6.87. The topological polar surface area (TPSA) is 105 Å². The van der Waals surface area contributed by atoms with E-state index < -0.39 is 0 Å². The highest BCUT2D eigenvalue weighted by atomic mass is 16.5. The molecule has 1 fully saturated rings. The van der Waals surface area contributed by atoms with Crippen molar-refractivity contribution in [1.29, 1.82) is 0 Å². The number of ether oxygens (including phenoxy) is 1. The normalized spacial score (nSPS) is 15.5. The van der Waals surface area contributed by atoms with Crippen LogP contribution in [0.5, 0.6) is 0 Å². The average Bonchev–Trinajstić information content (AvgIpc) is 3.10. The molecule has 1 aliphatic heterocycles. The second-order valence-corrected chi connectivity index (χ2v) is 6.22. The summed E-state index contributed by atoms with van der Waals surface area (Å²) in [6.45, 7) is 4.83. The number of para-hydroxylation sites is 1. The van der Waals surface area contributed by atoms with Gasteiger partial charge >= 0.3 is 0 Å². The summed E-state index contributed by atoms with van der Waals surface area (Å²) in [7, 11) is 0. The Labute approximate surface area is 148 Å². The van der Waals surface area contributed by atoms with Crippen LogP contribution >= 0.6 is 0 Å². The quantitative estimate of drug-likeness (QED) is 0.625. The van der Waals surface area contributed by atoms with Gasteiger partial charge in [-0.2, -0.15) is 4.98 Å². The Hall–Kier alpha value is -2.78. The zero-order chi connectivity index (χ0) is 17.9. The number of fused-ring (bicyclic) bond motifs is 3. The van der Waals surface area contributed by atoms with Gasteiger partial charge in [-0.15, -0.1) is 5.10 Å². The lowest BCUT2D eigenvalue weighted by Gasteiger charge is -2.26. The van der Waals surface area contributed by atoms with Crippen molar-refractivity contribution in [3.8, 4) is 0 Å². The SMILES string of the molecule is O=C(NCCCN1CCOCC1)c1n[nH]n2c1nc(=O)c1ccccc12. The van der Waals surface area contributed by atoms with Crippen molar-refractivity contribution < 1.29 is 9.53 Å². The number of carbonyl (C=O) groups excluding carboxylic acids is 1. The highest BCUT2D eigenvalue weighted by Gasteiger charge is 2.18. The summed E-state index contributed by atoms with van der Waals surface area (Å²) >= 11 is 0. The van der Waals surface area contributed by atoms with E-state index in [2.05, 4.69) is 25.5 Å². The third-order valence-electron chi connectivity index (χ3n) is 4.52. The maximum atomic E-state index is 12.4. The Morgan fingerprint density at radius 1 is 1.27 bits per heavy atom. The number of hydrogen-bond donors (Lipinski definition) is 2. The van der Waals surface area contributed by atoms with Crippen LogP contribution in [-0.4, -0.2) is 70.0 Å². The Bertz CT molecular complexity index is 989. The number of nitrogens with one attached hydrogen (secondary N) is 2. The molecule has 4 rings (SSSR count). The molecule has 0 radical (unpaired) electrons. The molecule has 26 heavy (non-hydrogen) atoms. The van der Waals surface area contributed by atoms with Crippen molar-refractivity contribution in [1.82, 2.24) is 30.0 Å². The van der Waals surface area contributed by atoms with Gasteiger partial charge in [0.2, 0.25) is 0 Å². The van der Waals surface area contributed by atoms with Crippen LogP contribution in [0.25, 0.3) is 16.6 Å². The summed E-state index contributed by atoms with van der Waals surface area (Å²) in [5, 5.41) is 10.1. The number of H-pyrrole nitrogens is 1. The fourth-order valence-corrected chi connectivity index (χ4v) is 3.15. The highest BCUT2D eigenvalue weighted by molar-refractivity contribution is 5.98. The number of aromatic amines is 1. The molecule has 1 aliphatic rings. The van der Waals surface area contributed by atoms with Crippen molar-refractivity contribution >= 4 is 22.5 Å². The predicted octanol–water partition coefficient (Wildman–Crippen LogP) is 0.0229. The predicted molar refractivity (Wildman–Crippen MR) is 95.3 cm³/mol. The van der Waals surface area contributed by atoms with E-state index in [4.69, 9.17) is 4.74 Å². The number of hydrogen-bond acceptors (Lipinski definition) is 6. The maximum Gasteiger partial charge on any atom is 0.281 e. The van der Waals surface area contributed by atoms with Gasteiger partial charge in [0.05, 0.1) is 24.1 Å². The van der Waals surface area contributed by atoms with Gasteiger partial charge in [-0.25, -0.2) is 9.73 Å². The molecule has 9 heteroatoms. The minimum absolute atomic E-state index is 0.124. The molecule has 0 aliphatic carbocycles. The van der Waals surface area contributed by atoms with Crippen LogP contribution in [0.15, 0.2) is 29.1 Å². The summed E-state index contributed by atoms with van der Waals surface area (Å²) in [4.78, 5) is 31.0. The van der Waals surface area contributed by atoms with Gasteiger partial charge in [0.1, 0.15) is 0 Å². The number of rotatable bonds is 5. The number of aromatic nitrogens is 4. The van der Waals surface area contributed by atoms with Gasteiger partial charge < -0.3 is 10.1 Å². The van der Waals surface area contributed by atoms with Gasteiger partial charge in [-0.3, -0.25) is 14.5 Å². The number of nitrogens with zero attached hydrogens (tertiary/aromatic N) is 4. The molecule has 0 atom stereocenters. The van der Waals surface area contributed by atoms with Crippen molar-refractivity contribution in [3.63, 3.8) is 0 Å². The number of carbonyl (C=O) groups is 1. The first-order valence-corrected chi connectivity index (χ1v) is 8.68. The lowest BCUT2D eigenvalue weighted by Crippen LogP contribution is -2.38. The maximum absolute atomic E-state index is 12.4. The van der Waals surface area contributed by atoms with Gasteiger partial charge in [-0.1, -0.05) is 12.1 Å². The number of benzene rings is 1. The van der Waals surface area contributed by atoms with E-state index in [1.54, 1.807) is 22.7 Å². The van der Waals surface area contributed by atoms with Crippen LogP contribution in [0.3, 0.4) is 0 Å². The third-order valence-corrected chi connectivity index (χ3v) is 4.52. The number of morpholine rings is 1. The van der Waals surface area contributed by atoms with E-state index in [0.29, 0.717) is 17.4 Å². The van der Waals surface area contributed by atoms with Crippen molar-refractivity contribution in [3.05, 3.63) is 40.3 Å². The van der Waals surface area contributed by atoms with E-state index in [1.807, 2.05) is 6.07 Å². The second kappa shape index (κ2) is 7.22. The molecule has 1 saturated heterocycles. The molecule has 2 N–H and O–H groups in total. The molecule has 2 aromatic heterocycles. The van der Waals surface area contributed by atoms with Crippen LogP contribution < -0.4 is 10.9 Å². The second-order valence-electron chi connectivity index (χ2n) is 6.22. The van der Waals surface area contributed by atoms with Gasteiger partial charge in [0, 0.05) is 19.6 Å². The zero-order valence-electron chi connectivity index (χ0n) is 14.3. The lowest BCUT2D eigenvalue weighted by molar-refractivity contribution is 0.0374. The molecular weight excluding hydrogens is 336 g/mol. The highest BCUT2D eigenvalue weighted by Crippen LogP contribution is 2.12. The van der Waals surface area contributed by atoms with Gasteiger partial charge in [-0.05, 0) is 25.1 Å². The van der Waals surface area contributed by atoms with Gasteiger partial charge in [0.15, 0.2) is 11.3 Å². The van der Waals surface area contributed by atoms with Crippen molar-refractivity contribution in [2.75, 3.05) is 39.4 Å². The minimum Gasteiger partial charge on any atom is -0.379 e. The molecule has 0 unspecified atom stereocenters. The first kappa shape index (κ1) is 16.7. The summed E-state index contributed by atoms with van der Waals surface area (Å²) in [5.41, 5.74) is 0.628. The first-order chi connectivity index (χ1) is 12.7. The van der Waals surface area contributed by atoms with Crippen LogP contribution in [0.1, 0.15) is 16.9 Å². The van der Waals surface area contributed by atoms with E-state index in [0.717, 1.165) is 39.3 Å². The molecule has 1 amide bonds. The largest absolute Gasteiger partial charge is 0.379 e. The van der Waals surface area contributed by atoms with Crippen LogP contribution in [0.4, 0.5) is 0 Å². The van der Waals surface area contributed by atoms with Crippen molar-refractivity contribution in [2.24, 2.45) is 0 Å². The summed E-state index contributed by atoms with van der Waals surface area (Å²) in [5.74, 6) is -0.340. The van der Waals surface area contributed by atoms with E-state index >= 15 is 0 Å². The molecule has 3 aromatic rings. The van der Waals surface area contributed by atoms with Crippen LogP contribution in [0, 0.1) is 0 Å². The fraction of sp³-hybridized carbons (Fsp3) is 0.412. The van der Waals surface area contributed by atoms with Crippen LogP contribution in [0.2, 0.25) is 0 Å². The smallest absolute Gasteiger partial charge is 0.281 e. The molecule has 1 aromatic carbocycles. The van der Waals surface area contributed by atoms with Crippen molar-refractivity contribution in [2.45, 2.75) is 6.42 Å². The fourth-order valence-electron chi connectivity index (χ4n) is 3.15. The van der Waals surface area contributed by atoms with Gasteiger partial charge in [0.25, 0.3) is 11.5 Å². The summed E-state index contributed by atoms with van der Waals surface area (Å²) in [6, 6.07) is 7.08. The standard InChI is InChI=1S/C17H20N6O3/c24-16-12-4-1-2-5-13(12)23-15(19-16)14(20-21-23)17(25)18-6-3-7-22-8-10-26-11-9-22/h1-2,4-5,21H,3,6-11H2,(H,18,25). The monoisotopic (exact) mass is 356 g/mol. The zero-order valence-corrected chi connectivity index (χ0v) is 14.3. The number of amides is 1. The van der Waals surface area contributed by atoms with Crippen LogP contribution in [-0.2, 0) is 4.74 Å². The molecule has 136 valence electrons. The lowest BCUT2D eigenvalue weighted by atomic mass is 10.2. The Balaban J connectivity index is 1.46. The third kappa shape index (κ3) is 3.18. The van der Waals surface area contributed by atoms with E-state index in [-0.39, 0.29) is 22.8 Å². The minimum atomic E-state index is -0.372. The first-order valence-electron chi connectivity index (χ1n) is 8.68. The van der Waals surface area contributed by atoms with E-state index in [1.165, 1.54) is 0 Å². The Kier molecular flexibility index (Phi) is 4.63. The average molecular weight is 356 g/mol. The summed E-state index contributed by atoms with van der Waals surface area (Å²) in [6.07, 6.45) is 0.838. The Morgan fingerprint density at radius 2 is 2.08 bits per heavy atom. The molecule has 0 saturated carbocycles. The Morgan fingerprint density at radius 3 is 2.92 bits per heavy atom. The molecule has 9 nitrogen and oxygen atoms in total. The van der Waals surface area contributed by atoms with E-state index in [9.17, 15) is 9.59 Å². The molecule has 0 bridgehead atoms.